The van der Waals surface area contributed by atoms with Gasteiger partial charge in [0.25, 0.3) is 5.91 Å². The maximum absolute atomic E-state index is 12.8. The van der Waals surface area contributed by atoms with E-state index in [1.807, 2.05) is 30.3 Å². The molecule has 2 N–H and O–H groups in total. The number of nitrogens with two attached hydrogens (primary N) is 1. The van der Waals surface area contributed by atoms with Gasteiger partial charge in [-0.2, -0.15) is 0 Å². The average molecular weight is 354 g/mol. The highest BCUT2D eigenvalue weighted by Gasteiger charge is 2.42. The molecule has 0 aliphatic carbocycles. The zero-order chi connectivity index (χ0) is 18.9. The van der Waals surface area contributed by atoms with Gasteiger partial charge in [-0.05, 0) is 31.5 Å². The van der Waals surface area contributed by atoms with Crippen molar-refractivity contribution in [3.63, 3.8) is 0 Å². The van der Waals surface area contributed by atoms with Crippen LogP contribution < -0.4 is 15.4 Å². The van der Waals surface area contributed by atoms with E-state index < -0.39 is 5.60 Å². The molecule has 136 valence electrons. The molecule has 0 saturated heterocycles. The summed E-state index contributed by atoms with van der Waals surface area (Å²) < 4.78 is 5.72. The highest BCUT2D eigenvalue weighted by Crippen LogP contribution is 2.36. The van der Waals surface area contributed by atoms with Crippen LogP contribution in [-0.2, 0) is 16.1 Å². The summed E-state index contributed by atoms with van der Waals surface area (Å²) in [7, 11) is 1.71. The fraction of sp³-hybridized carbons (Fsp3) is 0.316. The van der Waals surface area contributed by atoms with Crippen LogP contribution in [-0.4, -0.2) is 40.9 Å². The molecule has 1 aliphatic rings. The molecule has 0 bridgehead atoms. The minimum absolute atomic E-state index is 0.127. The third-order valence-electron chi connectivity index (χ3n) is 4.22. The third kappa shape index (κ3) is 3.46. The molecule has 0 fully saturated rings. The monoisotopic (exact) mass is 354 g/mol. The molecule has 26 heavy (non-hydrogen) atoms. The van der Waals surface area contributed by atoms with Gasteiger partial charge < -0.3 is 15.4 Å². The smallest absolute Gasteiger partial charge is 0.272 e. The van der Waals surface area contributed by atoms with Crippen LogP contribution in [0.25, 0.3) is 0 Å². The van der Waals surface area contributed by atoms with Gasteiger partial charge in [0.1, 0.15) is 12.4 Å². The number of hydrogen-bond acceptors (Lipinski definition) is 5. The van der Waals surface area contributed by atoms with E-state index in [0.29, 0.717) is 12.3 Å². The lowest BCUT2D eigenvalue weighted by molar-refractivity contribution is -0.136. The number of pyridine rings is 1. The second kappa shape index (κ2) is 6.67. The molecule has 1 aromatic heterocycles. The third-order valence-corrected chi connectivity index (χ3v) is 4.22. The lowest BCUT2D eigenvalue weighted by atomic mass is 10.1. The van der Waals surface area contributed by atoms with Gasteiger partial charge in [0.15, 0.2) is 17.2 Å². The Morgan fingerprint density at radius 3 is 2.62 bits per heavy atom. The molecule has 2 aromatic rings. The largest absolute Gasteiger partial charge is 0.474 e. The molecule has 0 radical (unpaired) electrons. The molecule has 3 rings (SSSR count). The molecule has 0 unspecified atom stereocenters. The summed E-state index contributed by atoms with van der Waals surface area (Å²) in [4.78, 5) is 32.6. The number of ether oxygens (including phenoxy) is 1. The molecule has 0 spiro atoms. The Balaban J connectivity index is 1.82. The Morgan fingerprint density at radius 1 is 1.23 bits per heavy atom. The van der Waals surface area contributed by atoms with Crippen molar-refractivity contribution in [2.75, 3.05) is 24.2 Å². The fourth-order valence-corrected chi connectivity index (χ4v) is 2.81. The number of fused-ring (bicyclic) bond motifs is 1. The van der Waals surface area contributed by atoms with Gasteiger partial charge in [-0.25, -0.2) is 4.98 Å². The van der Waals surface area contributed by atoms with Gasteiger partial charge in [0.2, 0.25) is 5.91 Å². The van der Waals surface area contributed by atoms with Gasteiger partial charge in [-0.1, -0.05) is 30.3 Å². The summed E-state index contributed by atoms with van der Waals surface area (Å²) in [5.41, 5.74) is 5.68. The zero-order valence-electron chi connectivity index (χ0n) is 15.1. The van der Waals surface area contributed by atoms with Gasteiger partial charge in [-0.3, -0.25) is 14.5 Å². The van der Waals surface area contributed by atoms with Crippen LogP contribution in [0, 0.1) is 0 Å². The van der Waals surface area contributed by atoms with Crippen LogP contribution in [0.2, 0.25) is 0 Å². The quantitative estimate of drug-likeness (QED) is 0.905. The van der Waals surface area contributed by atoms with E-state index in [2.05, 4.69) is 4.98 Å². The number of carbonyl (C=O) groups excluding carboxylic acids is 2. The first-order valence-corrected chi connectivity index (χ1v) is 8.33. The molecule has 2 heterocycles. The van der Waals surface area contributed by atoms with Gasteiger partial charge in [-0.15, -0.1) is 0 Å². The summed E-state index contributed by atoms with van der Waals surface area (Å²) in [6, 6.07) is 12.9. The van der Waals surface area contributed by atoms with E-state index in [1.165, 1.54) is 4.90 Å². The first-order valence-electron chi connectivity index (χ1n) is 8.33. The van der Waals surface area contributed by atoms with Crippen LogP contribution in [0.1, 0.15) is 19.4 Å². The molecule has 2 amide bonds. The molecule has 7 nitrogen and oxygen atoms in total. The summed E-state index contributed by atoms with van der Waals surface area (Å²) in [5.74, 6) is 0.438. The zero-order valence-corrected chi connectivity index (χ0v) is 15.1. The average Bonchev–Trinajstić information content (AvgIpc) is 2.60. The lowest BCUT2D eigenvalue weighted by Crippen LogP contribution is -2.55. The number of aromatic nitrogens is 1. The van der Waals surface area contributed by atoms with Gasteiger partial charge >= 0.3 is 0 Å². The van der Waals surface area contributed by atoms with Crippen LogP contribution in [0.15, 0.2) is 42.5 Å². The number of amides is 2. The Morgan fingerprint density at radius 2 is 1.92 bits per heavy atom. The van der Waals surface area contributed by atoms with E-state index in [9.17, 15) is 9.59 Å². The SMILES string of the molecule is CN(Cc1ccccc1)C(=O)CN1C(=O)C(C)(C)Oc2ccc(N)nc21. The van der Waals surface area contributed by atoms with Crippen molar-refractivity contribution in [1.29, 1.82) is 0 Å². The van der Waals surface area contributed by atoms with Crippen LogP contribution >= 0.6 is 0 Å². The summed E-state index contributed by atoms with van der Waals surface area (Å²) in [6.45, 7) is 3.66. The van der Waals surface area contributed by atoms with Crippen LogP contribution in [0.4, 0.5) is 11.6 Å². The molecule has 1 aromatic carbocycles. The molecular weight excluding hydrogens is 332 g/mol. The Kier molecular flexibility index (Phi) is 4.54. The second-order valence-electron chi connectivity index (χ2n) is 6.80. The van der Waals surface area contributed by atoms with E-state index in [-0.39, 0.29) is 30.0 Å². The predicted molar refractivity (Wildman–Crippen MR) is 98.6 cm³/mol. The van der Waals surface area contributed by atoms with E-state index >= 15 is 0 Å². The number of rotatable bonds is 4. The van der Waals surface area contributed by atoms with Gasteiger partial charge in [0, 0.05) is 13.6 Å². The summed E-state index contributed by atoms with van der Waals surface area (Å²) in [6.07, 6.45) is 0. The Bertz CT molecular complexity index is 836. The van der Waals surface area contributed by atoms with Crippen molar-refractivity contribution in [2.24, 2.45) is 0 Å². The lowest BCUT2D eigenvalue weighted by Gasteiger charge is -2.38. The van der Waals surface area contributed by atoms with Crippen LogP contribution in [0.3, 0.4) is 0 Å². The maximum atomic E-state index is 12.8. The second-order valence-corrected chi connectivity index (χ2v) is 6.80. The predicted octanol–water partition coefficient (Wildman–Crippen LogP) is 1.83. The summed E-state index contributed by atoms with van der Waals surface area (Å²) >= 11 is 0. The van der Waals surface area contributed by atoms with Crippen molar-refractivity contribution in [2.45, 2.75) is 26.0 Å². The first-order chi connectivity index (χ1) is 12.3. The molecule has 0 saturated carbocycles. The van der Waals surface area contributed by atoms with Gasteiger partial charge in [0.05, 0.1) is 0 Å². The topological polar surface area (TPSA) is 88.8 Å². The first kappa shape index (κ1) is 17.7. The Labute approximate surface area is 152 Å². The number of anilines is 2. The maximum Gasteiger partial charge on any atom is 0.272 e. The highest BCUT2D eigenvalue weighted by molar-refractivity contribution is 6.05. The number of hydrogen-bond donors (Lipinski definition) is 1. The fourth-order valence-electron chi connectivity index (χ4n) is 2.81. The van der Waals surface area contributed by atoms with Crippen molar-refractivity contribution < 1.29 is 14.3 Å². The van der Waals surface area contributed by atoms with Crippen molar-refractivity contribution in [1.82, 2.24) is 9.88 Å². The number of carbonyl (C=O) groups is 2. The minimum atomic E-state index is -1.08. The van der Waals surface area contributed by atoms with Crippen molar-refractivity contribution >= 4 is 23.5 Å². The van der Waals surface area contributed by atoms with E-state index in [0.717, 1.165) is 5.56 Å². The number of nitrogen functional groups attached to an aromatic ring is 1. The Hall–Kier alpha value is -3.09. The molecule has 7 heteroatoms. The van der Waals surface area contributed by atoms with Crippen LogP contribution in [0.5, 0.6) is 5.75 Å². The number of nitrogens with zero attached hydrogens (tertiary/aromatic N) is 3. The summed E-state index contributed by atoms with van der Waals surface area (Å²) in [5, 5.41) is 0. The van der Waals surface area contributed by atoms with E-state index in [4.69, 9.17) is 10.5 Å². The number of likely N-dealkylation sites (N-methyl/N-ethyl adjacent to an activating group) is 1. The molecular formula is C19H22N4O3. The number of benzene rings is 1. The molecule has 0 atom stereocenters. The standard InChI is InChI=1S/C19H22N4O3/c1-19(2)18(25)23(17-14(26-19)9-10-15(20)21-17)12-16(24)22(3)11-13-7-5-4-6-8-13/h4-10H,11-12H2,1-3H3,(H2,20,21). The van der Waals surface area contributed by atoms with Crippen molar-refractivity contribution in [3.05, 3.63) is 48.0 Å². The normalized spacial score (nSPS) is 15.2. The van der Waals surface area contributed by atoms with Crippen molar-refractivity contribution in [3.8, 4) is 5.75 Å². The van der Waals surface area contributed by atoms with E-state index in [1.54, 1.807) is 37.9 Å². The highest BCUT2D eigenvalue weighted by atomic mass is 16.5. The minimum Gasteiger partial charge on any atom is -0.474 e. The molecule has 1 aliphatic heterocycles.